The maximum Gasteiger partial charge on any atom is 1.00 e. The molecular weight excluding hydrogens is 1320 g/mol. The van der Waals surface area contributed by atoms with Gasteiger partial charge < -0.3 is 31.0 Å². The topological polar surface area (TPSA) is 216 Å². The van der Waals surface area contributed by atoms with E-state index >= 15 is 0 Å². The SMILES string of the molecule is C.C.C.C.C.C=COC1CCC2=C1CCC2.O=C1CCC2=C1CCC2.O=CCC1CCC2=C1CCC2.OC1CCC2=C1CCC2.S=c1[nH]cc(CC2CCC3=C2CCC3)[nH]1.[B].[Cl][Ce]([Cl])[Cl].[H-].[Li+].[Na+].[O-][Cl+3]([O-])([O-])[O-].c1ncc(CC2CCC3=C2CCC3)[nH]1. The van der Waals surface area contributed by atoms with Crippen molar-refractivity contribution in [1.82, 2.24) is 19.9 Å². The molecule has 12 aliphatic carbocycles. The van der Waals surface area contributed by atoms with E-state index in [1.165, 1.54) is 201 Å². The largest absolute Gasteiger partial charge is 1.00 e. The van der Waals surface area contributed by atoms with Gasteiger partial charge in [0.1, 0.15) is 12.4 Å². The molecular formula is C65H103BCeCl4LiN4NaO8S. The summed E-state index contributed by atoms with van der Waals surface area (Å²) in [6.45, 7) is 3.59. The van der Waals surface area contributed by atoms with Crippen LogP contribution in [0.5, 0.6) is 0 Å². The Labute approximate surface area is 585 Å². The molecule has 86 heavy (non-hydrogen) atoms. The molecule has 0 saturated heterocycles. The Morgan fingerprint density at radius 2 is 1.05 bits per heavy atom. The van der Waals surface area contributed by atoms with E-state index in [1.54, 1.807) is 62.7 Å². The zero-order chi connectivity index (χ0) is 55.6. The monoisotopic (exact) mass is 1420 g/mol. The number of aromatic amines is 3. The number of H-pyrrole nitrogens is 3. The number of rotatable bonds is 8. The number of Topliss-reactive ketones (excluding diaryl/α,β-unsaturated/α-hetero) is 1. The zero-order valence-electron chi connectivity index (χ0n) is 49.1. The third-order valence-corrected chi connectivity index (χ3v) is 18.3. The van der Waals surface area contributed by atoms with E-state index in [1.807, 2.05) is 12.4 Å². The van der Waals surface area contributed by atoms with Gasteiger partial charge in [0.25, 0.3) is 0 Å². The smallest absolute Gasteiger partial charge is 1.00 e. The standard InChI is InChI=1S/C12H16N2S.C12H16N2.2C10H14O.C8H12O.C8H10O.5CH4.B.Ce.ClHO4.3ClH.Li.Na.H/c15-12-13-7-10(14-12)6-9-5-4-8-2-1-3-11(8)9;1-2-9-4-5-10(12(9)3-1)6-11-7-13-8-14-11;1-2-11-10-7-6-8-4-3-5-9(8)10;11-7-6-9-5-4-8-2-1-3-10(8)9;2*9-8-5-4-6-2-1-3-7(6)8;;;;;;;;2-1(3,4)5;;;;;;/h7,9H,1-6H2,(H2,13,14,15);7-8,10H,1-6H2,(H,13,14);2,10H,1,3-7H2;7,9H,1-6H2;8-9H,1-5H2;1-5H2;5*1H4;;;(H,2,3,4,5);3*1H;;;/q;;;;;;;;;;;;+3;;;;;2*+1;-1/p-4. The summed E-state index contributed by atoms with van der Waals surface area (Å²) in [4.78, 5) is 34.9. The van der Waals surface area contributed by atoms with Crippen molar-refractivity contribution in [1.29, 1.82) is 0 Å². The van der Waals surface area contributed by atoms with Crippen LogP contribution in [0.2, 0.25) is 0 Å². The molecule has 474 valence electrons. The van der Waals surface area contributed by atoms with Gasteiger partial charge in [-0.2, -0.15) is 0 Å². The fraction of sp³-hybridized carbons (Fsp3) is 0.662. The van der Waals surface area contributed by atoms with E-state index in [0.29, 0.717) is 17.8 Å². The van der Waals surface area contributed by atoms with Crippen molar-refractivity contribution in [2.24, 2.45) is 17.8 Å². The van der Waals surface area contributed by atoms with Crippen LogP contribution in [-0.2, 0) is 27.2 Å². The first-order chi connectivity index (χ1) is 37.6. The predicted molar refractivity (Wildman–Crippen MR) is 338 cm³/mol. The van der Waals surface area contributed by atoms with Crippen LogP contribution in [-0.4, -0.2) is 57.7 Å². The molecule has 0 spiro atoms. The molecule has 0 aromatic carbocycles. The molecule has 0 bridgehead atoms. The van der Waals surface area contributed by atoms with Gasteiger partial charge in [-0.1, -0.05) is 93.9 Å². The summed E-state index contributed by atoms with van der Waals surface area (Å²) in [6.07, 6.45) is 49.8. The molecule has 5 unspecified atom stereocenters. The second kappa shape index (κ2) is 45.3. The van der Waals surface area contributed by atoms with Crippen molar-refractivity contribution in [2.75, 3.05) is 0 Å². The van der Waals surface area contributed by atoms with Gasteiger partial charge in [-0.3, -0.25) is 4.79 Å². The normalized spacial score (nSPS) is 23.2. The van der Waals surface area contributed by atoms with Crippen LogP contribution in [0.3, 0.4) is 0 Å². The molecule has 0 amide bonds. The maximum absolute atomic E-state index is 11.0. The summed E-state index contributed by atoms with van der Waals surface area (Å²) in [5.74, 6) is 2.70. The van der Waals surface area contributed by atoms with Crippen LogP contribution in [0.1, 0.15) is 249 Å². The van der Waals surface area contributed by atoms with Crippen molar-refractivity contribution in [3.05, 3.63) is 115 Å². The predicted octanol–water partition coefficient (Wildman–Crippen LogP) is 9.29. The van der Waals surface area contributed by atoms with E-state index in [0.717, 1.165) is 61.4 Å². The summed E-state index contributed by atoms with van der Waals surface area (Å²) in [6, 6.07) is 0. The molecule has 2 aromatic rings. The van der Waals surface area contributed by atoms with E-state index in [2.05, 4.69) is 26.5 Å². The number of nitrogens with zero attached hydrogens (tertiary/aromatic N) is 1. The number of hydrogen-bond acceptors (Lipinski definition) is 10. The van der Waals surface area contributed by atoms with Crippen LogP contribution in [0.4, 0.5) is 0 Å². The van der Waals surface area contributed by atoms with E-state index in [4.69, 9.17) is 52.5 Å². The molecule has 0 fully saturated rings. The second-order valence-electron chi connectivity index (χ2n) is 22.6. The fourth-order valence-corrected chi connectivity index (χ4v) is 14.9. The number of carbonyl (C=O) groups is 2. The van der Waals surface area contributed by atoms with Gasteiger partial charge in [0, 0.05) is 45.0 Å². The van der Waals surface area contributed by atoms with Crippen molar-refractivity contribution in [3.63, 3.8) is 0 Å². The average Bonchev–Trinajstić information content (AvgIpc) is 2.61. The first kappa shape index (κ1) is 88.0. The van der Waals surface area contributed by atoms with Crippen LogP contribution in [0, 0.1) is 63.4 Å². The van der Waals surface area contributed by atoms with Crippen LogP contribution >= 0.6 is 29.1 Å². The number of imidazole rings is 2. The number of ketones is 1. The van der Waals surface area contributed by atoms with Crippen molar-refractivity contribution in [2.45, 2.75) is 261 Å². The Hall–Kier alpha value is -0.0410. The van der Waals surface area contributed by atoms with Gasteiger partial charge in [-0.15, -0.1) is 10.2 Å². The summed E-state index contributed by atoms with van der Waals surface area (Å²) < 4.78 is 40.1. The maximum atomic E-state index is 11.0. The van der Waals surface area contributed by atoms with Crippen molar-refractivity contribution in [3.8, 4) is 0 Å². The number of aliphatic hydroxyl groups is 1. The molecule has 12 aliphatic rings. The van der Waals surface area contributed by atoms with E-state index in [9.17, 15) is 14.7 Å². The second-order valence-corrected chi connectivity index (χ2v) is 37.6. The van der Waals surface area contributed by atoms with Crippen LogP contribution in [0.15, 0.2) is 98.4 Å². The van der Waals surface area contributed by atoms with Crippen LogP contribution < -0.4 is 67.1 Å². The molecule has 14 rings (SSSR count). The van der Waals surface area contributed by atoms with Gasteiger partial charge in [-0.05, 0) is 246 Å². The van der Waals surface area contributed by atoms with Gasteiger partial charge in [0.05, 0.1) is 18.7 Å². The minimum Gasteiger partial charge on any atom is -1.00 e. The summed E-state index contributed by atoms with van der Waals surface area (Å²) in [5, 5.41) is 9.34. The Balaban J connectivity index is -0.000000934. The number of allylic oxidation sites excluding steroid dienone is 10. The Kier molecular flexibility index (Phi) is 46.4. The number of ether oxygens (including phenoxy) is 1. The number of nitrogens with one attached hydrogen (secondary N) is 3. The molecule has 4 N–H and O–H groups in total. The first-order valence-corrected chi connectivity index (χ1v) is 42.4. The number of hydrogen-bond donors (Lipinski definition) is 4. The molecule has 5 atom stereocenters. The van der Waals surface area contributed by atoms with E-state index in [-0.39, 0.29) is 101 Å². The molecule has 2 heterocycles. The molecule has 0 aliphatic heterocycles. The molecule has 0 saturated carbocycles. The van der Waals surface area contributed by atoms with Crippen molar-refractivity contribution >= 4 is 49.6 Å². The van der Waals surface area contributed by atoms with Gasteiger partial charge in [0.2, 0.25) is 0 Å². The summed E-state index contributed by atoms with van der Waals surface area (Å²) in [5.41, 5.74) is 37.0. The summed E-state index contributed by atoms with van der Waals surface area (Å²) >= 11 is 2.80. The van der Waals surface area contributed by atoms with Gasteiger partial charge in [0.15, 0.2) is 10.6 Å². The van der Waals surface area contributed by atoms with Gasteiger partial charge in [-0.25, -0.2) is 23.6 Å². The Bertz CT molecular complexity index is 2570. The summed E-state index contributed by atoms with van der Waals surface area (Å²) in [7, 11) is -4.94. The Morgan fingerprint density at radius 3 is 1.50 bits per heavy atom. The third kappa shape index (κ3) is 27.9. The quantitative estimate of drug-likeness (QED) is 0.0646. The Morgan fingerprint density at radius 1 is 0.628 bits per heavy atom. The molecule has 12 nitrogen and oxygen atoms in total. The van der Waals surface area contributed by atoms with Crippen LogP contribution in [0.25, 0.3) is 0 Å². The number of carbonyl (C=O) groups excluding carboxylic acids is 2. The minimum atomic E-state index is -4.94. The number of halogens is 4. The van der Waals surface area contributed by atoms with E-state index < -0.39 is 40.9 Å². The van der Waals surface area contributed by atoms with Crippen molar-refractivity contribution < 1.29 is 129 Å². The zero-order valence-corrected chi connectivity index (χ0v) is 57.0. The number of aliphatic hydroxyl groups excluding tert-OH is 1. The number of aldehydes is 1. The minimum absolute atomic E-state index is 0. The average molecular weight is 1420 g/mol. The molecule has 2 aromatic heterocycles. The van der Waals surface area contributed by atoms with Gasteiger partial charge >= 0.3 is 96.0 Å². The first-order valence-electron chi connectivity index (χ1n) is 28.9. The fourth-order valence-electron chi connectivity index (χ4n) is 14.7. The third-order valence-electron chi connectivity index (χ3n) is 18.1. The molecule has 3 radical (unpaired) electrons. The number of aromatic nitrogens is 4. The molecule has 21 heteroatoms.